The van der Waals surface area contributed by atoms with Crippen LogP contribution in [0.4, 0.5) is 4.79 Å². The van der Waals surface area contributed by atoms with E-state index in [-0.39, 0.29) is 23.6 Å². The highest BCUT2D eigenvalue weighted by Gasteiger charge is 2.33. The number of ether oxygens (including phenoxy) is 1. The lowest BCUT2D eigenvalue weighted by atomic mass is 10.1. The van der Waals surface area contributed by atoms with Crippen molar-refractivity contribution in [3.63, 3.8) is 0 Å². The van der Waals surface area contributed by atoms with Crippen molar-refractivity contribution in [3.8, 4) is 0 Å². The van der Waals surface area contributed by atoms with Gasteiger partial charge >= 0.3 is 12.0 Å². The Morgan fingerprint density at radius 3 is 2.50 bits per heavy atom. The lowest BCUT2D eigenvalue weighted by molar-refractivity contribution is -0.122. The Morgan fingerprint density at radius 2 is 1.84 bits per heavy atom. The van der Waals surface area contributed by atoms with Crippen LogP contribution >= 0.6 is 0 Å². The molecule has 1 aromatic heterocycles. The third-order valence-electron chi connectivity index (χ3n) is 5.43. The van der Waals surface area contributed by atoms with E-state index in [4.69, 9.17) is 4.74 Å². The number of unbranched alkanes of at least 4 members (excludes halogenated alkanes) is 2. The summed E-state index contributed by atoms with van der Waals surface area (Å²) in [6.45, 7) is 5.08. The van der Waals surface area contributed by atoms with Crippen molar-refractivity contribution in [1.82, 2.24) is 19.8 Å². The fraction of sp³-hybridized carbons (Fsp3) is 0.417. The minimum absolute atomic E-state index is 0.260. The van der Waals surface area contributed by atoms with Crippen LogP contribution < -0.4 is 5.32 Å². The molecule has 1 saturated heterocycles. The van der Waals surface area contributed by atoms with Crippen molar-refractivity contribution in [2.45, 2.75) is 52.5 Å². The van der Waals surface area contributed by atoms with Crippen LogP contribution in [0.15, 0.2) is 36.2 Å². The van der Waals surface area contributed by atoms with Gasteiger partial charge in [0.15, 0.2) is 0 Å². The lowest BCUT2D eigenvalue weighted by Crippen LogP contribution is -2.31. The molecule has 0 unspecified atom stereocenters. The molecular formula is C24H30N4O4. The molecule has 1 fully saturated rings. The van der Waals surface area contributed by atoms with Crippen LogP contribution in [-0.4, -0.2) is 46.0 Å². The van der Waals surface area contributed by atoms with E-state index in [0.717, 1.165) is 49.2 Å². The number of amides is 3. The fourth-order valence-corrected chi connectivity index (χ4v) is 3.55. The highest BCUT2D eigenvalue weighted by atomic mass is 16.5. The van der Waals surface area contributed by atoms with Crippen molar-refractivity contribution in [1.29, 1.82) is 0 Å². The number of aryl methyl sites for hydroxylation is 1. The molecule has 170 valence electrons. The molecule has 32 heavy (non-hydrogen) atoms. The predicted molar refractivity (Wildman–Crippen MR) is 121 cm³/mol. The standard InChI is InChI=1S/C24H30N4O4/c1-4-6-8-21-25-15-19(14-20-22(29)27(13-7-5-2)24(31)26-20)28(21)16-17-9-11-18(12-10-17)23(30)32-3/h9-12,14-15H,4-8,13,16H2,1-3H3,(H,26,31)/b20-14-. The molecular weight excluding hydrogens is 408 g/mol. The average Bonchev–Trinajstić information content (AvgIpc) is 3.30. The van der Waals surface area contributed by atoms with Gasteiger partial charge in [0.05, 0.1) is 24.6 Å². The number of nitrogens with one attached hydrogen (secondary N) is 1. The zero-order chi connectivity index (χ0) is 23.1. The lowest BCUT2D eigenvalue weighted by Gasteiger charge is -2.12. The molecule has 3 amide bonds. The van der Waals surface area contributed by atoms with Gasteiger partial charge in [0.2, 0.25) is 0 Å². The Balaban J connectivity index is 1.88. The SMILES string of the molecule is CCCCc1ncc(/C=C2\NC(=O)N(CCCC)C2=O)n1Cc1ccc(C(=O)OC)cc1. The number of methoxy groups -OCH3 is 1. The van der Waals surface area contributed by atoms with Gasteiger partial charge in [-0.1, -0.05) is 38.8 Å². The van der Waals surface area contributed by atoms with E-state index in [9.17, 15) is 14.4 Å². The van der Waals surface area contributed by atoms with Crippen molar-refractivity contribution in [3.05, 3.63) is 58.8 Å². The van der Waals surface area contributed by atoms with E-state index in [1.165, 1.54) is 12.0 Å². The minimum atomic E-state index is -0.384. The molecule has 1 aliphatic heterocycles. The third kappa shape index (κ3) is 5.25. The van der Waals surface area contributed by atoms with E-state index in [1.54, 1.807) is 24.4 Å². The summed E-state index contributed by atoms with van der Waals surface area (Å²) in [6, 6.07) is 6.83. The minimum Gasteiger partial charge on any atom is -0.465 e. The second kappa shape index (κ2) is 10.7. The van der Waals surface area contributed by atoms with Gasteiger partial charge in [-0.15, -0.1) is 0 Å². The number of hydrogen-bond acceptors (Lipinski definition) is 5. The van der Waals surface area contributed by atoms with E-state index in [0.29, 0.717) is 18.7 Å². The Morgan fingerprint density at radius 1 is 1.12 bits per heavy atom. The molecule has 0 saturated carbocycles. The number of benzene rings is 1. The first-order valence-corrected chi connectivity index (χ1v) is 11.0. The van der Waals surface area contributed by atoms with Gasteiger partial charge in [0.1, 0.15) is 11.5 Å². The summed E-state index contributed by atoms with van der Waals surface area (Å²) in [5.41, 5.74) is 2.48. The molecule has 1 N–H and O–H groups in total. The first-order chi connectivity index (χ1) is 15.5. The monoisotopic (exact) mass is 438 g/mol. The molecule has 2 heterocycles. The number of urea groups is 1. The molecule has 0 aliphatic carbocycles. The molecule has 0 spiro atoms. The number of aromatic nitrogens is 2. The maximum Gasteiger partial charge on any atom is 0.337 e. The normalized spacial score (nSPS) is 14.8. The number of imidazole rings is 1. The Kier molecular flexibility index (Phi) is 7.81. The van der Waals surface area contributed by atoms with Gasteiger partial charge in [0.25, 0.3) is 5.91 Å². The number of esters is 1. The number of imide groups is 1. The second-order valence-corrected chi connectivity index (χ2v) is 7.78. The number of carbonyl (C=O) groups is 3. The predicted octanol–water partition coefficient (Wildman–Crippen LogP) is 3.75. The van der Waals surface area contributed by atoms with E-state index in [2.05, 4.69) is 17.2 Å². The summed E-state index contributed by atoms with van der Waals surface area (Å²) in [4.78, 5) is 42.4. The highest BCUT2D eigenvalue weighted by Crippen LogP contribution is 2.19. The van der Waals surface area contributed by atoms with Gasteiger partial charge in [-0.3, -0.25) is 9.69 Å². The third-order valence-corrected chi connectivity index (χ3v) is 5.43. The molecule has 0 atom stereocenters. The number of hydrogen-bond donors (Lipinski definition) is 1. The smallest absolute Gasteiger partial charge is 0.337 e. The summed E-state index contributed by atoms with van der Waals surface area (Å²) in [7, 11) is 1.36. The van der Waals surface area contributed by atoms with Gasteiger partial charge in [-0.25, -0.2) is 14.6 Å². The number of rotatable bonds is 10. The average molecular weight is 439 g/mol. The van der Waals surface area contributed by atoms with Gasteiger partial charge in [-0.05, 0) is 36.6 Å². The Labute approximate surface area is 188 Å². The van der Waals surface area contributed by atoms with Crippen LogP contribution in [0.25, 0.3) is 6.08 Å². The van der Waals surface area contributed by atoms with Crippen LogP contribution in [0.1, 0.15) is 67.0 Å². The summed E-state index contributed by atoms with van der Waals surface area (Å²) in [6.07, 6.45) is 7.94. The van der Waals surface area contributed by atoms with Crippen molar-refractivity contribution in [2.75, 3.05) is 13.7 Å². The van der Waals surface area contributed by atoms with Crippen LogP contribution in [-0.2, 0) is 22.5 Å². The topological polar surface area (TPSA) is 93.5 Å². The highest BCUT2D eigenvalue weighted by molar-refractivity contribution is 6.13. The van der Waals surface area contributed by atoms with Crippen molar-refractivity contribution in [2.24, 2.45) is 0 Å². The van der Waals surface area contributed by atoms with Crippen molar-refractivity contribution >= 4 is 24.0 Å². The molecule has 0 bridgehead atoms. The maximum absolute atomic E-state index is 12.7. The molecule has 2 aromatic rings. The van der Waals surface area contributed by atoms with Crippen molar-refractivity contribution < 1.29 is 19.1 Å². The van der Waals surface area contributed by atoms with Gasteiger partial charge < -0.3 is 14.6 Å². The zero-order valence-corrected chi connectivity index (χ0v) is 18.9. The quantitative estimate of drug-likeness (QED) is 0.346. The molecule has 8 nitrogen and oxygen atoms in total. The molecule has 1 aromatic carbocycles. The maximum atomic E-state index is 12.7. The Bertz CT molecular complexity index is 1010. The molecule has 0 radical (unpaired) electrons. The van der Waals surface area contributed by atoms with Crippen LogP contribution in [0, 0.1) is 0 Å². The van der Waals surface area contributed by atoms with Crippen LogP contribution in [0.2, 0.25) is 0 Å². The first kappa shape index (κ1) is 23.2. The number of carbonyl (C=O) groups excluding carboxylic acids is 3. The largest absolute Gasteiger partial charge is 0.465 e. The van der Waals surface area contributed by atoms with Crippen LogP contribution in [0.5, 0.6) is 0 Å². The molecule has 1 aliphatic rings. The van der Waals surface area contributed by atoms with Gasteiger partial charge in [0, 0.05) is 19.5 Å². The summed E-state index contributed by atoms with van der Waals surface area (Å²) in [5.74, 6) is 0.223. The van der Waals surface area contributed by atoms with E-state index in [1.807, 2.05) is 23.6 Å². The molecule has 8 heteroatoms. The summed E-state index contributed by atoms with van der Waals surface area (Å²) in [5, 5.41) is 2.69. The van der Waals surface area contributed by atoms with Crippen LogP contribution in [0.3, 0.4) is 0 Å². The van der Waals surface area contributed by atoms with Gasteiger partial charge in [-0.2, -0.15) is 0 Å². The fourth-order valence-electron chi connectivity index (χ4n) is 3.55. The van der Waals surface area contributed by atoms with E-state index >= 15 is 0 Å². The Hall–Kier alpha value is -3.42. The number of nitrogens with zero attached hydrogens (tertiary/aromatic N) is 3. The summed E-state index contributed by atoms with van der Waals surface area (Å²) < 4.78 is 6.80. The van der Waals surface area contributed by atoms with E-state index < -0.39 is 0 Å². The summed E-state index contributed by atoms with van der Waals surface area (Å²) >= 11 is 0. The second-order valence-electron chi connectivity index (χ2n) is 7.78. The molecule has 3 rings (SSSR count). The first-order valence-electron chi connectivity index (χ1n) is 11.0. The zero-order valence-electron chi connectivity index (χ0n) is 18.9.